The SMILES string of the molecule is CC(C)c1cc(C(=O)OCC(=O)N[C@@H](C)c2ccccc2)c2cnn(C(C)C)c2n1. The first-order valence-electron chi connectivity index (χ1n) is 10.2. The van der Waals surface area contributed by atoms with Gasteiger partial charge in [0.05, 0.1) is 23.2 Å². The van der Waals surface area contributed by atoms with Crippen molar-refractivity contribution < 1.29 is 14.3 Å². The lowest BCUT2D eigenvalue weighted by molar-refractivity contribution is -0.124. The van der Waals surface area contributed by atoms with E-state index >= 15 is 0 Å². The molecule has 1 atom stereocenters. The van der Waals surface area contributed by atoms with Gasteiger partial charge < -0.3 is 10.1 Å². The molecule has 7 nitrogen and oxygen atoms in total. The summed E-state index contributed by atoms with van der Waals surface area (Å²) < 4.78 is 7.11. The van der Waals surface area contributed by atoms with Crippen LogP contribution in [0.4, 0.5) is 0 Å². The maximum absolute atomic E-state index is 12.8. The number of benzene rings is 1. The van der Waals surface area contributed by atoms with Gasteiger partial charge in [0.1, 0.15) is 0 Å². The number of aromatic nitrogens is 3. The molecular formula is C23H28N4O3. The molecule has 2 aromatic heterocycles. The molecule has 0 fully saturated rings. The van der Waals surface area contributed by atoms with E-state index in [-0.39, 0.29) is 30.5 Å². The highest BCUT2D eigenvalue weighted by atomic mass is 16.5. The van der Waals surface area contributed by atoms with E-state index in [0.29, 0.717) is 16.6 Å². The number of nitrogens with one attached hydrogen (secondary N) is 1. The second-order valence-electron chi connectivity index (χ2n) is 7.95. The van der Waals surface area contributed by atoms with Crippen molar-refractivity contribution >= 4 is 22.9 Å². The predicted octanol–water partition coefficient (Wildman–Crippen LogP) is 4.17. The lowest BCUT2D eigenvalue weighted by Crippen LogP contribution is -2.31. The molecule has 0 unspecified atom stereocenters. The first kappa shape index (κ1) is 21.5. The van der Waals surface area contributed by atoms with Gasteiger partial charge in [0, 0.05) is 11.7 Å². The summed E-state index contributed by atoms with van der Waals surface area (Å²) in [6, 6.07) is 11.3. The van der Waals surface area contributed by atoms with E-state index < -0.39 is 5.97 Å². The van der Waals surface area contributed by atoms with E-state index in [2.05, 4.69) is 15.4 Å². The van der Waals surface area contributed by atoms with Crippen LogP contribution in [0.3, 0.4) is 0 Å². The highest BCUT2D eigenvalue weighted by molar-refractivity contribution is 6.03. The van der Waals surface area contributed by atoms with Gasteiger partial charge in [0.25, 0.3) is 5.91 Å². The van der Waals surface area contributed by atoms with Gasteiger partial charge in [-0.25, -0.2) is 14.5 Å². The Morgan fingerprint density at radius 2 is 1.80 bits per heavy atom. The number of carbonyl (C=O) groups excluding carboxylic acids is 2. The average Bonchev–Trinajstić information content (AvgIpc) is 3.16. The summed E-state index contributed by atoms with van der Waals surface area (Å²) in [6.07, 6.45) is 1.63. The summed E-state index contributed by atoms with van der Waals surface area (Å²) in [6.45, 7) is 9.57. The van der Waals surface area contributed by atoms with E-state index in [1.54, 1.807) is 16.9 Å². The number of carbonyl (C=O) groups is 2. The maximum Gasteiger partial charge on any atom is 0.339 e. The number of hydrogen-bond acceptors (Lipinski definition) is 5. The van der Waals surface area contributed by atoms with Crippen LogP contribution in [0.25, 0.3) is 11.0 Å². The summed E-state index contributed by atoms with van der Waals surface area (Å²) in [5.74, 6) is -0.784. The Labute approximate surface area is 176 Å². The largest absolute Gasteiger partial charge is 0.452 e. The Morgan fingerprint density at radius 1 is 1.10 bits per heavy atom. The Hall–Kier alpha value is -3.22. The van der Waals surface area contributed by atoms with E-state index in [9.17, 15) is 9.59 Å². The number of amides is 1. The average molecular weight is 409 g/mol. The Bertz CT molecular complexity index is 1040. The quantitative estimate of drug-likeness (QED) is 0.593. The van der Waals surface area contributed by atoms with Crippen LogP contribution in [0.5, 0.6) is 0 Å². The smallest absolute Gasteiger partial charge is 0.339 e. The first-order chi connectivity index (χ1) is 14.3. The van der Waals surface area contributed by atoms with Crippen LogP contribution < -0.4 is 5.32 Å². The maximum atomic E-state index is 12.8. The van der Waals surface area contributed by atoms with Gasteiger partial charge in [-0.2, -0.15) is 5.10 Å². The van der Waals surface area contributed by atoms with Crippen molar-refractivity contribution in [2.24, 2.45) is 0 Å². The van der Waals surface area contributed by atoms with Gasteiger partial charge in [-0.05, 0) is 38.3 Å². The molecule has 0 bridgehead atoms. The molecule has 0 aliphatic rings. The molecular weight excluding hydrogens is 380 g/mol. The first-order valence-corrected chi connectivity index (χ1v) is 10.2. The van der Waals surface area contributed by atoms with Gasteiger partial charge in [0.2, 0.25) is 0 Å². The topological polar surface area (TPSA) is 86.1 Å². The highest BCUT2D eigenvalue weighted by Crippen LogP contribution is 2.25. The van der Waals surface area contributed by atoms with Gasteiger partial charge in [-0.15, -0.1) is 0 Å². The Kier molecular flexibility index (Phi) is 6.50. The van der Waals surface area contributed by atoms with Gasteiger partial charge in [-0.1, -0.05) is 44.2 Å². The minimum Gasteiger partial charge on any atom is -0.452 e. The standard InChI is InChI=1S/C23H28N4O3/c1-14(2)20-11-18(19-12-24-27(15(3)4)22(19)26-20)23(29)30-13-21(28)25-16(5)17-9-7-6-8-10-17/h6-12,14-16H,13H2,1-5H3,(H,25,28)/t16-/m0/s1. The van der Waals surface area contributed by atoms with Gasteiger partial charge in [-0.3, -0.25) is 4.79 Å². The Morgan fingerprint density at radius 3 is 2.43 bits per heavy atom. The summed E-state index contributed by atoms with van der Waals surface area (Å²) >= 11 is 0. The van der Waals surface area contributed by atoms with Crippen molar-refractivity contribution in [1.82, 2.24) is 20.1 Å². The van der Waals surface area contributed by atoms with Crippen molar-refractivity contribution in [3.63, 3.8) is 0 Å². The molecule has 3 aromatic rings. The summed E-state index contributed by atoms with van der Waals surface area (Å²) in [5, 5.41) is 7.84. The van der Waals surface area contributed by atoms with Crippen molar-refractivity contribution in [2.75, 3.05) is 6.61 Å². The van der Waals surface area contributed by atoms with Crippen LogP contribution in [0.15, 0.2) is 42.6 Å². The molecule has 0 saturated heterocycles. The molecule has 1 aromatic carbocycles. The van der Waals surface area contributed by atoms with Crippen molar-refractivity contribution in [1.29, 1.82) is 0 Å². The third kappa shape index (κ3) is 4.67. The van der Waals surface area contributed by atoms with Crippen molar-refractivity contribution in [3.8, 4) is 0 Å². The number of ether oxygens (including phenoxy) is 1. The van der Waals surface area contributed by atoms with Crippen LogP contribution in [0.1, 0.15) is 74.2 Å². The van der Waals surface area contributed by atoms with E-state index in [1.807, 2.05) is 65.0 Å². The monoisotopic (exact) mass is 408 g/mol. The van der Waals surface area contributed by atoms with E-state index in [1.165, 1.54) is 0 Å². The molecule has 7 heteroatoms. The third-order valence-electron chi connectivity index (χ3n) is 4.90. The van der Waals surface area contributed by atoms with Crippen molar-refractivity contribution in [3.05, 3.63) is 59.4 Å². The number of pyridine rings is 1. The zero-order chi connectivity index (χ0) is 21.8. The minimum atomic E-state index is -0.560. The molecule has 0 spiro atoms. The van der Waals surface area contributed by atoms with E-state index in [0.717, 1.165) is 11.3 Å². The lowest BCUT2D eigenvalue weighted by Gasteiger charge is -2.15. The fourth-order valence-electron chi connectivity index (χ4n) is 3.20. The molecule has 30 heavy (non-hydrogen) atoms. The summed E-state index contributed by atoms with van der Waals surface area (Å²) in [5.41, 5.74) is 2.78. The van der Waals surface area contributed by atoms with Gasteiger partial charge >= 0.3 is 5.97 Å². The van der Waals surface area contributed by atoms with Gasteiger partial charge in [0.15, 0.2) is 12.3 Å². The third-order valence-corrected chi connectivity index (χ3v) is 4.90. The molecule has 158 valence electrons. The number of rotatable bonds is 7. The van der Waals surface area contributed by atoms with Crippen LogP contribution >= 0.6 is 0 Å². The Balaban J connectivity index is 1.75. The van der Waals surface area contributed by atoms with Crippen LogP contribution in [-0.2, 0) is 9.53 Å². The number of nitrogens with zero attached hydrogens (tertiary/aromatic N) is 3. The molecule has 0 aliphatic carbocycles. The molecule has 1 amide bonds. The molecule has 2 heterocycles. The lowest BCUT2D eigenvalue weighted by atomic mass is 10.1. The second kappa shape index (κ2) is 9.07. The number of fused-ring (bicyclic) bond motifs is 1. The minimum absolute atomic E-state index is 0.103. The van der Waals surface area contributed by atoms with Crippen LogP contribution in [-0.4, -0.2) is 33.2 Å². The number of esters is 1. The fourth-order valence-corrected chi connectivity index (χ4v) is 3.20. The molecule has 1 N–H and O–H groups in total. The van der Waals surface area contributed by atoms with Crippen LogP contribution in [0, 0.1) is 0 Å². The predicted molar refractivity (Wildman–Crippen MR) is 115 cm³/mol. The zero-order valence-corrected chi connectivity index (χ0v) is 18.0. The molecule has 0 aliphatic heterocycles. The van der Waals surface area contributed by atoms with Crippen molar-refractivity contribution in [2.45, 2.75) is 52.6 Å². The highest BCUT2D eigenvalue weighted by Gasteiger charge is 2.21. The van der Waals surface area contributed by atoms with Crippen LogP contribution in [0.2, 0.25) is 0 Å². The zero-order valence-electron chi connectivity index (χ0n) is 18.0. The second-order valence-corrected chi connectivity index (χ2v) is 7.95. The fraction of sp³-hybridized carbons (Fsp3) is 0.391. The molecule has 3 rings (SSSR count). The normalized spacial score (nSPS) is 12.4. The van der Waals surface area contributed by atoms with E-state index in [4.69, 9.17) is 4.74 Å². The summed E-state index contributed by atoms with van der Waals surface area (Å²) in [4.78, 5) is 29.8. The molecule has 0 saturated carbocycles. The number of hydrogen-bond donors (Lipinski definition) is 1. The summed E-state index contributed by atoms with van der Waals surface area (Å²) in [7, 11) is 0. The molecule has 0 radical (unpaired) electrons.